The van der Waals surface area contributed by atoms with E-state index in [1.165, 1.54) is 4.90 Å². The first-order valence-corrected chi connectivity index (χ1v) is 8.67. The Bertz CT molecular complexity index is 665. The highest BCUT2D eigenvalue weighted by molar-refractivity contribution is 7.66. The van der Waals surface area contributed by atoms with Gasteiger partial charge in [-0.2, -0.15) is 0 Å². The fraction of sp³-hybridized carbons (Fsp3) is 0.529. The molecule has 0 spiro atoms. The number of aliphatic hydroxyl groups excluding tert-OH is 1. The lowest BCUT2D eigenvalue weighted by Crippen LogP contribution is -2.54. The summed E-state index contributed by atoms with van der Waals surface area (Å²) < 4.78 is 11.7. The fourth-order valence-corrected chi connectivity index (χ4v) is 3.98. The van der Waals surface area contributed by atoms with Crippen LogP contribution in [0.2, 0.25) is 0 Å². The van der Waals surface area contributed by atoms with Gasteiger partial charge < -0.3 is 10.2 Å². The van der Waals surface area contributed by atoms with Gasteiger partial charge in [-0.3, -0.25) is 10.2 Å². The molecule has 1 aromatic rings. The maximum absolute atomic E-state index is 11.9. The Balaban J connectivity index is 2.51. The summed E-state index contributed by atoms with van der Waals surface area (Å²) in [6, 6.07) is 7.38. The largest absolute Gasteiger partial charge is 0.465 e. The van der Waals surface area contributed by atoms with Crippen LogP contribution in [0, 0.1) is 0 Å². The van der Waals surface area contributed by atoms with Crippen LogP contribution in [0.15, 0.2) is 24.3 Å². The van der Waals surface area contributed by atoms with Gasteiger partial charge in [0.25, 0.3) is 0 Å². The first kappa shape index (κ1) is 18.6. The predicted molar refractivity (Wildman–Crippen MR) is 94.5 cm³/mol. The number of benzene rings is 1. The lowest BCUT2D eigenvalue weighted by molar-refractivity contribution is 0.0704. The van der Waals surface area contributed by atoms with Crippen molar-refractivity contribution < 1.29 is 19.2 Å². The number of hydrogen-bond donors (Lipinski definition) is 3. The normalized spacial score (nSPS) is 19.7. The highest BCUT2D eigenvalue weighted by Crippen LogP contribution is 2.39. The van der Waals surface area contributed by atoms with Crippen molar-refractivity contribution in [2.75, 3.05) is 13.2 Å². The molecule has 6 nitrogen and oxygen atoms in total. The van der Waals surface area contributed by atoms with Crippen molar-refractivity contribution in [2.45, 2.75) is 44.7 Å². The Morgan fingerprint density at radius 1 is 1.38 bits per heavy atom. The lowest BCUT2D eigenvalue weighted by atomic mass is 9.93. The molecule has 1 aromatic carbocycles. The van der Waals surface area contributed by atoms with Crippen molar-refractivity contribution in [3.63, 3.8) is 0 Å². The summed E-state index contributed by atoms with van der Waals surface area (Å²) in [6.07, 6.45) is -0.433. The zero-order chi connectivity index (χ0) is 17.9. The van der Waals surface area contributed by atoms with Crippen LogP contribution in [0.1, 0.15) is 37.8 Å². The van der Waals surface area contributed by atoms with Crippen LogP contribution >= 0.6 is 0 Å². The number of fused-ring (bicyclic) bond motifs is 1. The molecule has 0 fully saturated rings. The molecular weight excluding hydrogens is 328 g/mol. The maximum atomic E-state index is 11.9. The van der Waals surface area contributed by atoms with Gasteiger partial charge in [-0.05, 0) is 38.3 Å². The lowest BCUT2D eigenvalue weighted by Gasteiger charge is -2.40. The van der Waals surface area contributed by atoms with Crippen molar-refractivity contribution in [1.82, 2.24) is 10.2 Å². The molecule has 1 aliphatic carbocycles. The molecule has 2 rings (SSSR count). The van der Waals surface area contributed by atoms with Crippen LogP contribution in [-0.4, -0.2) is 55.1 Å². The number of carboxylic acid groups (broad SMARTS) is 1. The van der Waals surface area contributed by atoms with Crippen molar-refractivity contribution in [3.8, 4) is 0 Å². The molecule has 1 aliphatic rings. The fourth-order valence-electron chi connectivity index (χ4n) is 3.43. The number of hydrogen-bond acceptors (Lipinski definition) is 3. The summed E-state index contributed by atoms with van der Waals surface area (Å²) >= 11 is 0.339. The molecule has 24 heavy (non-hydrogen) atoms. The van der Waals surface area contributed by atoms with Gasteiger partial charge in [0.15, 0.2) is 0 Å². The van der Waals surface area contributed by atoms with E-state index in [0.717, 1.165) is 11.1 Å². The zero-order valence-corrected chi connectivity index (χ0v) is 15.0. The Labute approximate surface area is 145 Å². The summed E-state index contributed by atoms with van der Waals surface area (Å²) in [6.45, 7) is 5.73. The zero-order valence-electron chi connectivity index (χ0n) is 14.2. The molecular formula is C17H24N2O4S. The van der Waals surface area contributed by atoms with E-state index in [1.54, 1.807) is 0 Å². The molecule has 0 aromatic heterocycles. The van der Waals surface area contributed by atoms with E-state index >= 15 is 0 Å². The number of rotatable bonds is 4. The molecule has 1 amide bonds. The van der Waals surface area contributed by atoms with Crippen LogP contribution in [0.25, 0.3) is 0 Å². The Kier molecular flexibility index (Phi) is 5.79. The summed E-state index contributed by atoms with van der Waals surface area (Å²) in [5.74, 6) is -0.342. The van der Waals surface area contributed by atoms with Gasteiger partial charge in [-0.25, -0.2) is 9.00 Å². The van der Waals surface area contributed by atoms with Gasteiger partial charge in [-0.15, -0.1) is 0 Å². The monoisotopic (exact) mass is 352 g/mol. The van der Waals surface area contributed by atoms with Gasteiger partial charge in [0.1, 0.15) is 11.3 Å². The number of amides is 1. The molecule has 0 bridgehead atoms. The minimum absolute atomic E-state index is 0.0923. The summed E-state index contributed by atoms with van der Waals surface area (Å²) in [7, 11) is 0. The van der Waals surface area contributed by atoms with Crippen LogP contribution in [0.3, 0.4) is 0 Å². The van der Waals surface area contributed by atoms with E-state index in [4.69, 9.17) is 5.11 Å². The number of aliphatic hydroxyl groups is 1. The van der Waals surface area contributed by atoms with Crippen molar-refractivity contribution in [1.29, 1.82) is 0 Å². The van der Waals surface area contributed by atoms with E-state index in [-0.39, 0.29) is 25.1 Å². The third-order valence-electron chi connectivity index (χ3n) is 4.25. The molecule has 0 saturated carbocycles. The second kappa shape index (κ2) is 7.46. The van der Waals surface area contributed by atoms with Crippen molar-refractivity contribution in [3.05, 3.63) is 35.4 Å². The topological polar surface area (TPSA) is 89.9 Å². The molecule has 7 heteroatoms. The standard InChI is InChI=1S/C17H24N2O4S/c1-17(2,3)19(16(21)22)13-10-11-6-4-5-7-12(11)14(13)15(24-23)18-8-9-20/h4-7,13-14,18,20H,8-10H2,1-3H3,(H,21,22)/t13-,14-/m1/s1. The quantitative estimate of drug-likeness (QED) is 0.713. The number of carbonyl (C=O) groups is 1. The highest BCUT2D eigenvalue weighted by atomic mass is 32.1. The van der Waals surface area contributed by atoms with Crippen molar-refractivity contribution in [2.24, 2.45) is 0 Å². The van der Waals surface area contributed by atoms with E-state index in [2.05, 4.69) is 5.32 Å². The average molecular weight is 352 g/mol. The molecule has 0 saturated heterocycles. The Morgan fingerprint density at radius 3 is 2.58 bits per heavy atom. The molecule has 0 unspecified atom stereocenters. The highest BCUT2D eigenvalue weighted by Gasteiger charge is 2.44. The minimum atomic E-state index is -0.997. The van der Waals surface area contributed by atoms with Crippen LogP contribution < -0.4 is 5.32 Å². The van der Waals surface area contributed by atoms with Crippen LogP contribution in [0.4, 0.5) is 4.79 Å². The van der Waals surface area contributed by atoms with Gasteiger partial charge in [-0.1, -0.05) is 24.3 Å². The van der Waals surface area contributed by atoms with Gasteiger partial charge in [0.2, 0.25) is 0 Å². The van der Waals surface area contributed by atoms with E-state index in [1.807, 2.05) is 45.0 Å². The first-order chi connectivity index (χ1) is 11.3. The summed E-state index contributed by atoms with van der Waals surface area (Å²) in [4.78, 5) is 13.8. The van der Waals surface area contributed by atoms with Crippen molar-refractivity contribution >= 4 is 22.3 Å². The van der Waals surface area contributed by atoms with Gasteiger partial charge >= 0.3 is 6.09 Å². The second-order valence-electron chi connectivity index (χ2n) is 6.87. The van der Waals surface area contributed by atoms with E-state index in [0.29, 0.717) is 22.7 Å². The Hall–Kier alpha value is -1.70. The maximum Gasteiger partial charge on any atom is 0.408 e. The Morgan fingerprint density at radius 2 is 2.04 bits per heavy atom. The molecule has 0 radical (unpaired) electrons. The first-order valence-electron chi connectivity index (χ1n) is 7.92. The molecule has 0 heterocycles. The SMILES string of the molecule is CC(C)(C)N(C(=O)O)[C@@H]1Cc2ccccc2[C@H]1C(NCCO)=S=O. The van der Waals surface area contributed by atoms with E-state index in [9.17, 15) is 14.1 Å². The van der Waals surface area contributed by atoms with Crippen LogP contribution in [-0.2, 0) is 17.7 Å². The molecule has 2 atom stereocenters. The van der Waals surface area contributed by atoms with Gasteiger partial charge in [0, 0.05) is 12.1 Å². The predicted octanol–water partition coefficient (Wildman–Crippen LogP) is 1.40. The molecule has 132 valence electrons. The second-order valence-corrected chi connectivity index (χ2v) is 7.48. The number of nitrogens with one attached hydrogen (secondary N) is 1. The van der Waals surface area contributed by atoms with Crippen LogP contribution in [0.5, 0.6) is 0 Å². The third kappa shape index (κ3) is 3.68. The minimum Gasteiger partial charge on any atom is -0.465 e. The third-order valence-corrected chi connectivity index (χ3v) is 4.83. The molecule has 0 aliphatic heterocycles. The summed E-state index contributed by atoms with van der Waals surface area (Å²) in [5, 5.41) is 21.8. The smallest absolute Gasteiger partial charge is 0.408 e. The average Bonchev–Trinajstić information content (AvgIpc) is 2.85. The van der Waals surface area contributed by atoms with Gasteiger partial charge in [0.05, 0.1) is 23.6 Å². The summed E-state index contributed by atoms with van der Waals surface area (Å²) in [5.41, 5.74) is 1.44. The number of nitrogens with zero attached hydrogens (tertiary/aromatic N) is 1. The molecule has 3 N–H and O–H groups in total. The van der Waals surface area contributed by atoms with E-state index < -0.39 is 11.6 Å².